The molecule has 4 heteroatoms. The Hall–Kier alpha value is -3.24. The molecule has 0 N–H and O–H groups in total. The highest BCUT2D eigenvalue weighted by atomic mass is 79.9. The van der Waals surface area contributed by atoms with Gasteiger partial charge in [0.15, 0.2) is 5.60 Å². The van der Waals surface area contributed by atoms with Gasteiger partial charge in [-0.2, -0.15) is 0 Å². The zero-order chi connectivity index (χ0) is 22.3. The van der Waals surface area contributed by atoms with E-state index in [4.69, 9.17) is 14.2 Å². The second kappa shape index (κ2) is 8.03. The van der Waals surface area contributed by atoms with Crippen LogP contribution < -0.4 is 14.2 Å². The maximum Gasteiger partial charge on any atom is 0.178 e. The molecule has 1 aliphatic rings. The summed E-state index contributed by atoms with van der Waals surface area (Å²) in [6.45, 7) is 2.13. The molecule has 0 bridgehead atoms. The van der Waals surface area contributed by atoms with Crippen molar-refractivity contribution in [3.05, 3.63) is 106 Å². The summed E-state index contributed by atoms with van der Waals surface area (Å²) in [5.41, 5.74) is 3.48. The van der Waals surface area contributed by atoms with Gasteiger partial charge in [-0.25, -0.2) is 0 Å². The van der Waals surface area contributed by atoms with E-state index in [1.807, 2.05) is 24.3 Å². The summed E-state index contributed by atoms with van der Waals surface area (Å²) in [5, 5.41) is 2.06. The Morgan fingerprint density at radius 2 is 1.41 bits per heavy atom. The summed E-state index contributed by atoms with van der Waals surface area (Å²) in [6, 6.07) is 26.7. The van der Waals surface area contributed by atoms with E-state index < -0.39 is 5.60 Å². The first kappa shape index (κ1) is 20.7. The van der Waals surface area contributed by atoms with Crippen LogP contribution in [0.2, 0.25) is 0 Å². The summed E-state index contributed by atoms with van der Waals surface area (Å²) in [7, 11) is 3.39. The van der Waals surface area contributed by atoms with Gasteiger partial charge in [-0.05, 0) is 48.9 Å². The Bertz CT molecular complexity index is 1320. The second-order valence-electron chi connectivity index (χ2n) is 7.90. The van der Waals surface area contributed by atoms with Crippen LogP contribution in [0.4, 0.5) is 0 Å². The van der Waals surface area contributed by atoms with Crippen molar-refractivity contribution in [2.24, 2.45) is 0 Å². The third-order valence-electron chi connectivity index (χ3n) is 6.08. The van der Waals surface area contributed by atoms with Gasteiger partial charge in [0, 0.05) is 31.9 Å². The largest absolute Gasteiger partial charge is 0.497 e. The van der Waals surface area contributed by atoms with E-state index in [0.29, 0.717) is 0 Å². The number of ether oxygens (including phenoxy) is 3. The summed E-state index contributed by atoms with van der Waals surface area (Å²) >= 11 is 3.56. The Labute approximate surface area is 196 Å². The summed E-state index contributed by atoms with van der Waals surface area (Å²) < 4.78 is 19.1. The van der Waals surface area contributed by atoms with Gasteiger partial charge in [-0.15, -0.1) is 0 Å². The Morgan fingerprint density at radius 3 is 2.03 bits per heavy atom. The molecular weight excluding hydrogens is 464 g/mol. The SMILES string of the molecule is COc1ccc(C2(c3ccc(Br)cc3)C=C(C)c3cc(OC)c4ccccc4c3O2)cc1. The first-order chi connectivity index (χ1) is 15.6. The van der Waals surface area contributed by atoms with Crippen LogP contribution in [0.5, 0.6) is 17.2 Å². The van der Waals surface area contributed by atoms with E-state index in [2.05, 4.69) is 83.5 Å². The highest BCUT2D eigenvalue weighted by molar-refractivity contribution is 9.10. The van der Waals surface area contributed by atoms with Crippen molar-refractivity contribution >= 4 is 32.3 Å². The molecule has 1 heterocycles. The van der Waals surface area contributed by atoms with Gasteiger partial charge in [-0.3, -0.25) is 0 Å². The van der Waals surface area contributed by atoms with Crippen LogP contribution in [0, 0.1) is 0 Å². The van der Waals surface area contributed by atoms with Crippen LogP contribution in [-0.2, 0) is 5.60 Å². The predicted octanol–water partition coefficient (Wildman–Crippen LogP) is 7.36. The van der Waals surface area contributed by atoms with Gasteiger partial charge < -0.3 is 14.2 Å². The predicted molar refractivity (Wildman–Crippen MR) is 133 cm³/mol. The molecule has 0 fully saturated rings. The minimum absolute atomic E-state index is 0.776. The highest BCUT2D eigenvalue weighted by Crippen LogP contribution is 2.49. The first-order valence-electron chi connectivity index (χ1n) is 10.4. The lowest BCUT2D eigenvalue weighted by atomic mass is 9.81. The number of rotatable bonds is 4. The van der Waals surface area contributed by atoms with E-state index in [-0.39, 0.29) is 0 Å². The zero-order valence-electron chi connectivity index (χ0n) is 18.2. The maximum atomic E-state index is 7.00. The minimum atomic E-state index is -0.776. The van der Waals surface area contributed by atoms with E-state index in [0.717, 1.165) is 54.8 Å². The molecule has 1 unspecified atom stereocenters. The number of methoxy groups -OCH3 is 2. The molecule has 32 heavy (non-hydrogen) atoms. The molecule has 160 valence electrons. The molecule has 5 rings (SSSR count). The molecule has 0 aromatic heterocycles. The highest BCUT2D eigenvalue weighted by Gasteiger charge is 2.39. The van der Waals surface area contributed by atoms with Crippen molar-refractivity contribution in [2.45, 2.75) is 12.5 Å². The lowest BCUT2D eigenvalue weighted by Crippen LogP contribution is -2.35. The quantitative estimate of drug-likeness (QED) is 0.301. The van der Waals surface area contributed by atoms with E-state index >= 15 is 0 Å². The van der Waals surface area contributed by atoms with Crippen molar-refractivity contribution in [3.63, 3.8) is 0 Å². The second-order valence-corrected chi connectivity index (χ2v) is 8.82. The van der Waals surface area contributed by atoms with Crippen molar-refractivity contribution in [2.75, 3.05) is 14.2 Å². The molecular formula is C28H23BrO3. The molecule has 0 spiro atoms. The molecule has 3 nitrogen and oxygen atoms in total. The van der Waals surface area contributed by atoms with Gasteiger partial charge in [-0.1, -0.05) is 64.5 Å². The van der Waals surface area contributed by atoms with Crippen molar-refractivity contribution in [1.82, 2.24) is 0 Å². The number of benzene rings is 4. The van der Waals surface area contributed by atoms with Gasteiger partial charge in [0.2, 0.25) is 0 Å². The number of halogens is 1. The smallest absolute Gasteiger partial charge is 0.178 e. The van der Waals surface area contributed by atoms with Crippen LogP contribution in [0.1, 0.15) is 23.6 Å². The number of allylic oxidation sites excluding steroid dienone is 1. The molecule has 1 aliphatic heterocycles. The average molecular weight is 487 g/mol. The maximum absolute atomic E-state index is 7.00. The van der Waals surface area contributed by atoms with Crippen LogP contribution in [0.25, 0.3) is 16.3 Å². The number of hydrogen-bond donors (Lipinski definition) is 0. The van der Waals surface area contributed by atoms with Crippen molar-refractivity contribution < 1.29 is 14.2 Å². The Kier molecular flexibility index (Phi) is 5.18. The van der Waals surface area contributed by atoms with Gasteiger partial charge in [0.1, 0.15) is 17.2 Å². The number of fused-ring (bicyclic) bond motifs is 3. The topological polar surface area (TPSA) is 27.7 Å². The fourth-order valence-corrected chi connectivity index (χ4v) is 4.71. The van der Waals surface area contributed by atoms with Crippen molar-refractivity contribution in [1.29, 1.82) is 0 Å². The molecule has 0 radical (unpaired) electrons. The fourth-order valence-electron chi connectivity index (χ4n) is 4.45. The van der Waals surface area contributed by atoms with Crippen LogP contribution in [0.3, 0.4) is 0 Å². The minimum Gasteiger partial charge on any atom is -0.497 e. The molecule has 1 atom stereocenters. The number of hydrogen-bond acceptors (Lipinski definition) is 3. The van der Waals surface area contributed by atoms with Gasteiger partial charge >= 0.3 is 0 Å². The molecule has 0 aliphatic carbocycles. The van der Waals surface area contributed by atoms with Crippen LogP contribution in [-0.4, -0.2) is 14.2 Å². The van der Waals surface area contributed by atoms with E-state index in [1.165, 1.54) is 0 Å². The molecule has 0 saturated heterocycles. The van der Waals surface area contributed by atoms with E-state index in [9.17, 15) is 0 Å². The first-order valence-corrected chi connectivity index (χ1v) is 11.2. The Balaban J connectivity index is 1.80. The summed E-state index contributed by atoms with van der Waals surface area (Å²) in [5.74, 6) is 2.52. The third kappa shape index (κ3) is 3.26. The standard InChI is InChI=1S/C28H23BrO3/c1-18-17-28(19-8-12-21(29)13-9-19,20-10-14-22(30-2)15-11-20)32-27-24-7-5-4-6-23(24)26(31-3)16-25(18)27/h4-17H,1-3H3. The molecule has 4 aromatic carbocycles. The fraction of sp³-hybridized carbons (Fsp3) is 0.143. The Morgan fingerprint density at radius 1 is 0.781 bits per heavy atom. The monoisotopic (exact) mass is 486 g/mol. The normalized spacial score (nSPS) is 17.3. The molecule has 0 amide bonds. The molecule has 4 aromatic rings. The lowest BCUT2D eigenvalue weighted by Gasteiger charge is -2.38. The van der Waals surface area contributed by atoms with Crippen LogP contribution in [0.15, 0.2) is 89.4 Å². The molecule has 0 saturated carbocycles. The average Bonchev–Trinajstić information content (AvgIpc) is 2.84. The lowest BCUT2D eigenvalue weighted by molar-refractivity contribution is 0.162. The zero-order valence-corrected chi connectivity index (χ0v) is 19.8. The van der Waals surface area contributed by atoms with Crippen molar-refractivity contribution in [3.8, 4) is 17.2 Å². The third-order valence-corrected chi connectivity index (χ3v) is 6.61. The van der Waals surface area contributed by atoms with Crippen LogP contribution >= 0.6 is 15.9 Å². The summed E-state index contributed by atoms with van der Waals surface area (Å²) in [4.78, 5) is 0. The van der Waals surface area contributed by atoms with E-state index in [1.54, 1.807) is 14.2 Å². The summed E-state index contributed by atoms with van der Waals surface area (Å²) in [6.07, 6.45) is 2.20. The van der Waals surface area contributed by atoms with Gasteiger partial charge in [0.05, 0.1) is 14.2 Å². The van der Waals surface area contributed by atoms with Gasteiger partial charge in [0.25, 0.3) is 0 Å².